The average Bonchev–Trinajstić information content (AvgIpc) is 2.76. The smallest absolute Gasteiger partial charge is 0.258 e. The van der Waals surface area contributed by atoms with Crippen LogP contribution in [0.3, 0.4) is 0 Å². The number of nitrogens with one attached hydrogen (secondary N) is 1. The van der Waals surface area contributed by atoms with Crippen molar-refractivity contribution in [3.8, 4) is 5.75 Å². The van der Waals surface area contributed by atoms with Gasteiger partial charge in [0, 0.05) is 23.0 Å². The quantitative estimate of drug-likeness (QED) is 0.624. The maximum atomic E-state index is 14.6. The van der Waals surface area contributed by atoms with Crippen molar-refractivity contribution in [2.75, 3.05) is 19.7 Å². The molecule has 1 saturated heterocycles. The first-order chi connectivity index (χ1) is 14.9. The van der Waals surface area contributed by atoms with Gasteiger partial charge in [-0.2, -0.15) is 0 Å². The van der Waals surface area contributed by atoms with Crippen LogP contribution in [0.5, 0.6) is 5.75 Å². The van der Waals surface area contributed by atoms with Crippen LogP contribution in [-0.4, -0.2) is 48.6 Å². The summed E-state index contributed by atoms with van der Waals surface area (Å²) in [6.45, 7) is 0.199. The Morgan fingerprint density at radius 3 is 2.35 bits per heavy atom. The van der Waals surface area contributed by atoms with E-state index in [1.165, 1.54) is 0 Å². The number of halogens is 3. The lowest BCUT2D eigenvalue weighted by molar-refractivity contribution is -0.134. The molecule has 0 bridgehead atoms. The highest BCUT2D eigenvalue weighted by Crippen LogP contribution is 2.18. The van der Waals surface area contributed by atoms with Crippen molar-refractivity contribution in [3.63, 3.8) is 0 Å². The zero-order valence-electron chi connectivity index (χ0n) is 17.0. The number of benzene rings is 2. The second-order valence-electron chi connectivity index (χ2n) is 7.54. The summed E-state index contributed by atoms with van der Waals surface area (Å²) in [6, 6.07) is 13.5. The number of likely N-dealkylation sites (tertiary alicyclic amines) is 1. The van der Waals surface area contributed by atoms with E-state index in [1.807, 2.05) is 24.3 Å². The van der Waals surface area contributed by atoms with Gasteiger partial charge < -0.3 is 15.0 Å². The maximum absolute atomic E-state index is 14.6. The van der Waals surface area contributed by atoms with Crippen molar-refractivity contribution >= 4 is 35.0 Å². The van der Waals surface area contributed by atoms with Crippen LogP contribution in [0, 0.1) is 0 Å². The van der Waals surface area contributed by atoms with Gasteiger partial charge in [0.05, 0.1) is 12.6 Å². The van der Waals surface area contributed by atoms with E-state index >= 15 is 0 Å². The lowest BCUT2D eigenvalue weighted by atomic mass is 10.0. The Kier molecular flexibility index (Phi) is 8.55. The minimum atomic E-state index is -1.31. The number of carbonyl (C=O) groups is 2. The van der Waals surface area contributed by atoms with Gasteiger partial charge in [-0.15, -0.1) is 0 Å². The van der Waals surface area contributed by atoms with Crippen LogP contribution < -0.4 is 10.1 Å². The number of hydrogen-bond acceptors (Lipinski definition) is 3. The highest BCUT2D eigenvalue weighted by Gasteiger charge is 2.32. The summed E-state index contributed by atoms with van der Waals surface area (Å²) in [5, 5.41) is 3.92. The fraction of sp³-hybridized carbons (Fsp3) is 0.391. The fourth-order valence-corrected chi connectivity index (χ4v) is 3.73. The van der Waals surface area contributed by atoms with Crippen LogP contribution >= 0.6 is 23.2 Å². The molecule has 3 rings (SSSR count). The number of alkyl halides is 1. The van der Waals surface area contributed by atoms with Crippen molar-refractivity contribution in [1.29, 1.82) is 0 Å². The van der Waals surface area contributed by atoms with Crippen LogP contribution in [0.2, 0.25) is 10.0 Å². The van der Waals surface area contributed by atoms with Gasteiger partial charge >= 0.3 is 0 Å². The molecule has 1 fully saturated rings. The molecule has 0 aromatic heterocycles. The van der Waals surface area contributed by atoms with E-state index in [4.69, 9.17) is 27.9 Å². The third kappa shape index (κ3) is 7.40. The first-order valence-corrected chi connectivity index (χ1v) is 11.0. The molecule has 1 heterocycles. The molecule has 0 saturated carbocycles. The van der Waals surface area contributed by atoms with E-state index in [9.17, 15) is 14.0 Å². The molecular formula is C23H25Cl2FN2O3. The molecule has 2 aromatic rings. The number of nitrogens with zero attached hydrogens (tertiary/aromatic N) is 1. The van der Waals surface area contributed by atoms with Gasteiger partial charge in [0.25, 0.3) is 5.91 Å². The summed E-state index contributed by atoms with van der Waals surface area (Å²) in [5.74, 6) is 0.0492. The van der Waals surface area contributed by atoms with Crippen molar-refractivity contribution in [2.45, 2.75) is 37.9 Å². The Bertz CT molecular complexity index is 877. The normalized spacial score (nSPS) is 18.5. The SMILES string of the molecule is O=C(COc1ccc(Cl)cc1)NC1CCN(C(=O)CCCc2ccc(Cl)cc2)CC1F. The second-order valence-corrected chi connectivity index (χ2v) is 8.41. The number of ether oxygens (including phenoxy) is 1. The summed E-state index contributed by atoms with van der Waals surface area (Å²) in [7, 11) is 0. The van der Waals surface area contributed by atoms with Crippen molar-refractivity contribution in [3.05, 3.63) is 64.1 Å². The highest BCUT2D eigenvalue weighted by atomic mass is 35.5. The van der Waals surface area contributed by atoms with Crippen molar-refractivity contribution in [1.82, 2.24) is 10.2 Å². The molecule has 5 nitrogen and oxygen atoms in total. The minimum absolute atomic E-state index is 0.0111. The summed E-state index contributed by atoms with van der Waals surface area (Å²) in [5.41, 5.74) is 1.11. The maximum Gasteiger partial charge on any atom is 0.258 e. The number of rotatable bonds is 8. The largest absolute Gasteiger partial charge is 0.484 e. The summed E-state index contributed by atoms with van der Waals surface area (Å²) >= 11 is 11.7. The van der Waals surface area contributed by atoms with Gasteiger partial charge in [0.2, 0.25) is 5.91 Å². The van der Waals surface area contributed by atoms with Gasteiger partial charge in [-0.3, -0.25) is 9.59 Å². The Hall–Kier alpha value is -2.31. The van der Waals surface area contributed by atoms with Gasteiger partial charge in [0.1, 0.15) is 11.9 Å². The molecule has 1 aliphatic heterocycles. The van der Waals surface area contributed by atoms with Gasteiger partial charge in [-0.25, -0.2) is 4.39 Å². The number of carbonyl (C=O) groups excluding carboxylic acids is 2. The molecule has 2 atom stereocenters. The first kappa shape index (κ1) is 23.4. The first-order valence-electron chi connectivity index (χ1n) is 10.2. The third-order valence-corrected chi connectivity index (χ3v) is 5.70. The molecule has 166 valence electrons. The van der Waals surface area contributed by atoms with Crippen LogP contribution in [-0.2, 0) is 16.0 Å². The van der Waals surface area contributed by atoms with Crippen LogP contribution in [0.15, 0.2) is 48.5 Å². The van der Waals surface area contributed by atoms with E-state index in [0.717, 1.165) is 12.0 Å². The van der Waals surface area contributed by atoms with E-state index in [-0.39, 0.29) is 19.1 Å². The molecule has 2 aromatic carbocycles. The third-order valence-electron chi connectivity index (χ3n) is 5.19. The molecule has 1 N–H and O–H groups in total. The van der Waals surface area contributed by atoms with E-state index < -0.39 is 18.1 Å². The standard InChI is InChI=1S/C23H25Cl2FN2O3/c24-17-6-4-16(5-7-17)2-1-3-23(30)28-13-12-21(20(26)14-28)27-22(29)15-31-19-10-8-18(25)9-11-19/h4-11,20-21H,1-3,12-15H2,(H,27,29). The zero-order valence-corrected chi connectivity index (χ0v) is 18.5. The lowest BCUT2D eigenvalue weighted by Gasteiger charge is -2.35. The summed E-state index contributed by atoms with van der Waals surface area (Å²) in [6.07, 6.45) is 0.879. The molecule has 8 heteroatoms. The minimum Gasteiger partial charge on any atom is -0.484 e. The summed E-state index contributed by atoms with van der Waals surface area (Å²) < 4.78 is 20.0. The van der Waals surface area contributed by atoms with E-state index in [0.29, 0.717) is 41.6 Å². The summed E-state index contributed by atoms with van der Waals surface area (Å²) in [4.78, 5) is 26.1. The van der Waals surface area contributed by atoms with Crippen molar-refractivity contribution in [2.24, 2.45) is 0 Å². The Morgan fingerprint density at radius 2 is 1.71 bits per heavy atom. The topological polar surface area (TPSA) is 58.6 Å². The van der Waals surface area contributed by atoms with Gasteiger partial charge in [0.15, 0.2) is 6.61 Å². The lowest BCUT2D eigenvalue weighted by Crippen LogP contribution is -2.54. The van der Waals surface area contributed by atoms with E-state index in [1.54, 1.807) is 29.2 Å². The number of piperidine rings is 1. The molecule has 1 aliphatic rings. The Balaban J connectivity index is 1.36. The Labute approximate surface area is 191 Å². The zero-order chi connectivity index (χ0) is 22.2. The predicted octanol–water partition coefficient (Wildman–Crippen LogP) is 4.45. The number of aryl methyl sites for hydroxylation is 1. The van der Waals surface area contributed by atoms with Crippen molar-refractivity contribution < 1.29 is 18.7 Å². The monoisotopic (exact) mass is 466 g/mol. The molecule has 2 unspecified atom stereocenters. The molecule has 0 radical (unpaired) electrons. The second kappa shape index (κ2) is 11.3. The van der Waals surface area contributed by atoms with E-state index in [2.05, 4.69) is 5.32 Å². The molecule has 31 heavy (non-hydrogen) atoms. The van der Waals surface area contributed by atoms with Crippen LogP contribution in [0.25, 0.3) is 0 Å². The molecule has 0 spiro atoms. The number of hydrogen-bond donors (Lipinski definition) is 1. The van der Waals surface area contributed by atoms with Crippen LogP contribution in [0.1, 0.15) is 24.8 Å². The average molecular weight is 467 g/mol. The predicted molar refractivity (Wildman–Crippen MR) is 119 cm³/mol. The van der Waals surface area contributed by atoms with Crippen LogP contribution in [0.4, 0.5) is 4.39 Å². The fourth-order valence-electron chi connectivity index (χ4n) is 3.48. The highest BCUT2D eigenvalue weighted by molar-refractivity contribution is 6.30. The Morgan fingerprint density at radius 1 is 1.06 bits per heavy atom. The molecular weight excluding hydrogens is 442 g/mol. The number of amides is 2. The molecule has 2 amide bonds. The van der Waals surface area contributed by atoms with Gasteiger partial charge in [-0.1, -0.05) is 35.3 Å². The molecule has 0 aliphatic carbocycles. The van der Waals surface area contributed by atoms with Gasteiger partial charge in [-0.05, 0) is 61.2 Å².